The van der Waals surface area contributed by atoms with Crippen LogP contribution in [0.1, 0.15) is 40.9 Å². The average Bonchev–Trinajstić information content (AvgIpc) is 3.41. The lowest BCUT2D eigenvalue weighted by Crippen LogP contribution is -2.45. The Morgan fingerprint density at radius 2 is 1.88 bits per heavy atom. The van der Waals surface area contributed by atoms with E-state index in [1.54, 1.807) is 12.1 Å². The molecule has 1 saturated heterocycles. The van der Waals surface area contributed by atoms with E-state index in [4.69, 9.17) is 0 Å². The fourth-order valence-corrected chi connectivity index (χ4v) is 4.72. The van der Waals surface area contributed by atoms with Crippen molar-refractivity contribution in [2.45, 2.75) is 38.6 Å². The van der Waals surface area contributed by atoms with Crippen molar-refractivity contribution in [3.8, 4) is 10.4 Å². The van der Waals surface area contributed by atoms with E-state index in [1.165, 1.54) is 36.3 Å². The minimum absolute atomic E-state index is 0.132. The van der Waals surface area contributed by atoms with Crippen molar-refractivity contribution in [1.82, 2.24) is 10.2 Å². The first-order chi connectivity index (χ1) is 12.6. The Bertz CT molecular complexity index is 774. The highest BCUT2D eigenvalue weighted by atomic mass is 32.1. The van der Waals surface area contributed by atoms with Gasteiger partial charge >= 0.3 is 0 Å². The zero-order valence-electron chi connectivity index (χ0n) is 15.1. The molecule has 5 heteroatoms. The third-order valence-electron chi connectivity index (χ3n) is 5.41. The van der Waals surface area contributed by atoms with Crippen LogP contribution in [0.2, 0.25) is 0 Å². The highest BCUT2D eigenvalue weighted by Gasteiger charge is 2.27. The smallest absolute Gasteiger partial charge is 0.263 e. The molecule has 1 aliphatic heterocycles. The highest BCUT2D eigenvalue weighted by molar-refractivity contribution is 7.17. The Kier molecular flexibility index (Phi) is 5.09. The minimum atomic E-state index is -0.238. The van der Waals surface area contributed by atoms with Crippen molar-refractivity contribution in [1.29, 1.82) is 0 Å². The lowest BCUT2D eigenvalue weighted by molar-refractivity contribution is 0.0710. The second kappa shape index (κ2) is 7.49. The predicted molar refractivity (Wildman–Crippen MR) is 104 cm³/mol. The number of hydrogen-bond donors (Lipinski definition) is 1. The van der Waals surface area contributed by atoms with Crippen LogP contribution in [0.5, 0.6) is 0 Å². The summed E-state index contributed by atoms with van der Waals surface area (Å²) in [6.07, 6.45) is 4.82. The zero-order valence-corrected chi connectivity index (χ0v) is 15.9. The fraction of sp³-hybridized carbons (Fsp3) is 0.476. The number of carbonyl (C=O) groups excluding carboxylic acids is 1. The highest BCUT2D eigenvalue weighted by Crippen LogP contribution is 2.33. The molecule has 1 aromatic heterocycles. The summed E-state index contributed by atoms with van der Waals surface area (Å²) in [7, 11) is 0. The van der Waals surface area contributed by atoms with Crippen molar-refractivity contribution < 1.29 is 9.18 Å². The van der Waals surface area contributed by atoms with E-state index in [9.17, 15) is 9.18 Å². The average molecular weight is 373 g/mol. The molecule has 0 unspecified atom stereocenters. The third-order valence-corrected chi connectivity index (χ3v) is 6.68. The van der Waals surface area contributed by atoms with Crippen molar-refractivity contribution in [3.63, 3.8) is 0 Å². The quantitative estimate of drug-likeness (QED) is 0.840. The Balaban J connectivity index is 1.39. The van der Waals surface area contributed by atoms with Gasteiger partial charge in [-0.2, -0.15) is 0 Å². The summed E-state index contributed by atoms with van der Waals surface area (Å²) < 4.78 is 13.2. The van der Waals surface area contributed by atoms with E-state index < -0.39 is 0 Å². The lowest BCUT2D eigenvalue weighted by Gasteiger charge is -2.32. The molecule has 0 radical (unpaired) electrons. The topological polar surface area (TPSA) is 32.3 Å². The fourth-order valence-electron chi connectivity index (χ4n) is 3.57. The van der Waals surface area contributed by atoms with Crippen LogP contribution < -0.4 is 5.32 Å². The predicted octanol–water partition coefficient (Wildman–Crippen LogP) is 4.47. The maximum absolute atomic E-state index is 13.2. The summed E-state index contributed by atoms with van der Waals surface area (Å²) in [4.78, 5) is 16.7. The zero-order chi connectivity index (χ0) is 18.1. The molecular formula is C21H25FN2OS. The molecule has 1 saturated carbocycles. The van der Waals surface area contributed by atoms with Gasteiger partial charge in [0.2, 0.25) is 0 Å². The normalized spacial score (nSPS) is 18.3. The Labute approximate surface area is 158 Å². The number of benzene rings is 1. The van der Waals surface area contributed by atoms with Gasteiger partial charge in [0.25, 0.3) is 5.91 Å². The van der Waals surface area contributed by atoms with Crippen LogP contribution in [0, 0.1) is 18.7 Å². The number of likely N-dealkylation sites (tertiary alicyclic amines) is 1. The number of nitrogens with one attached hydrogen (secondary N) is 1. The van der Waals surface area contributed by atoms with E-state index in [0.29, 0.717) is 6.04 Å². The van der Waals surface area contributed by atoms with Gasteiger partial charge in [0.1, 0.15) is 5.82 Å². The van der Waals surface area contributed by atoms with E-state index in [1.807, 2.05) is 17.9 Å². The van der Waals surface area contributed by atoms with Crippen LogP contribution in [-0.2, 0) is 0 Å². The number of piperidine rings is 1. The molecule has 0 atom stereocenters. The summed E-state index contributed by atoms with van der Waals surface area (Å²) in [6.45, 7) is 4.80. The van der Waals surface area contributed by atoms with Crippen LogP contribution in [0.15, 0.2) is 30.3 Å². The molecular weight excluding hydrogens is 347 g/mol. The molecule has 26 heavy (non-hydrogen) atoms. The first kappa shape index (κ1) is 17.7. The molecule has 1 aliphatic carbocycles. The molecule has 0 spiro atoms. The van der Waals surface area contributed by atoms with Gasteiger partial charge in [-0.05, 0) is 74.4 Å². The number of amides is 1. The second-order valence-corrected chi connectivity index (χ2v) is 8.60. The molecule has 2 fully saturated rings. The second-order valence-electron chi connectivity index (χ2n) is 7.55. The van der Waals surface area contributed by atoms with Gasteiger partial charge in [0.05, 0.1) is 4.88 Å². The largest absolute Gasteiger partial charge is 0.338 e. The Hall–Kier alpha value is -1.72. The lowest BCUT2D eigenvalue weighted by atomic mass is 10.0. The molecule has 3 nitrogen and oxygen atoms in total. The van der Waals surface area contributed by atoms with E-state index in [2.05, 4.69) is 5.32 Å². The van der Waals surface area contributed by atoms with Crippen LogP contribution in [0.25, 0.3) is 10.4 Å². The Morgan fingerprint density at radius 1 is 1.19 bits per heavy atom. The van der Waals surface area contributed by atoms with Crippen molar-refractivity contribution in [2.75, 3.05) is 19.6 Å². The van der Waals surface area contributed by atoms with Gasteiger partial charge in [-0.15, -0.1) is 11.3 Å². The van der Waals surface area contributed by atoms with E-state index in [-0.39, 0.29) is 11.7 Å². The van der Waals surface area contributed by atoms with Gasteiger partial charge in [-0.3, -0.25) is 4.79 Å². The van der Waals surface area contributed by atoms with Gasteiger partial charge in [-0.25, -0.2) is 4.39 Å². The van der Waals surface area contributed by atoms with Crippen LogP contribution in [0.3, 0.4) is 0 Å². The molecule has 138 valence electrons. The number of carbonyl (C=O) groups is 1. The summed E-state index contributed by atoms with van der Waals surface area (Å²) in [5.74, 6) is 0.790. The van der Waals surface area contributed by atoms with Gasteiger partial charge in [0.15, 0.2) is 0 Å². The van der Waals surface area contributed by atoms with Gasteiger partial charge in [-0.1, -0.05) is 12.1 Å². The molecule has 2 heterocycles. The van der Waals surface area contributed by atoms with Crippen LogP contribution in [0.4, 0.5) is 4.39 Å². The van der Waals surface area contributed by atoms with Crippen molar-refractivity contribution in [3.05, 3.63) is 46.6 Å². The third kappa shape index (κ3) is 3.99. The molecule has 1 aromatic carbocycles. The maximum Gasteiger partial charge on any atom is 0.263 e. The van der Waals surface area contributed by atoms with E-state index in [0.717, 1.165) is 59.3 Å². The van der Waals surface area contributed by atoms with E-state index >= 15 is 0 Å². The maximum atomic E-state index is 13.2. The SMILES string of the molecule is Cc1cc(C(=O)N2CCC(NCC3CC3)CC2)sc1-c1ccc(F)cc1. The molecule has 4 rings (SSSR count). The Morgan fingerprint density at radius 3 is 2.54 bits per heavy atom. The first-order valence-corrected chi connectivity index (χ1v) is 10.3. The molecule has 2 aliphatic rings. The molecule has 1 amide bonds. The molecule has 0 bridgehead atoms. The van der Waals surface area contributed by atoms with Gasteiger partial charge < -0.3 is 10.2 Å². The minimum Gasteiger partial charge on any atom is -0.338 e. The number of aryl methyl sites for hydroxylation is 1. The standard InChI is InChI=1S/C21H25FN2OS/c1-14-12-19(26-20(14)16-4-6-17(22)7-5-16)21(25)24-10-8-18(9-11-24)23-13-15-2-3-15/h4-7,12,15,18,23H,2-3,8-11,13H2,1H3. The number of hydrogen-bond acceptors (Lipinski definition) is 3. The molecule has 2 aromatic rings. The number of nitrogens with zero attached hydrogens (tertiary/aromatic N) is 1. The summed E-state index contributed by atoms with van der Waals surface area (Å²) in [5.41, 5.74) is 2.04. The number of halogens is 1. The monoisotopic (exact) mass is 372 g/mol. The summed E-state index contributed by atoms with van der Waals surface area (Å²) in [6, 6.07) is 9.02. The van der Waals surface area contributed by atoms with Gasteiger partial charge in [0, 0.05) is 24.0 Å². The van der Waals surface area contributed by atoms with Crippen LogP contribution in [-0.4, -0.2) is 36.5 Å². The first-order valence-electron chi connectivity index (χ1n) is 9.49. The van der Waals surface area contributed by atoms with Crippen LogP contribution >= 0.6 is 11.3 Å². The van der Waals surface area contributed by atoms with Crippen molar-refractivity contribution in [2.24, 2.45) is 5.92 Å². The number of thiophene rings is 1. The number of rotatable bonds is 5. The summed E-state index contributed by atoms with van der Waals surface area (Å²) in [5, 5.41) is 3.66. The molecule has 1 N–H and O–H groups in total. The summed E-state index contributed by atoms with van der Waals surface area (Å²) >= 11 is 1.51. The van der Waals surface area contributed by atoms with Crippen molar-refractivity contribution >= 4 is 17.2 Å².